The number of likely N-dealkylation sites (tertiary alicyclic amines) is 1. The summed E-state index contributed by atoms with van der Waals surface area (Å²) in [6.07, 6.45) is 10.1. The molecule has 0 saturated carbocycles. The van der Waals surface area contributed by atoms with Crippen molar-refractivity contribution in [3.63, 3.8) is 0 Å². The zero-order valence-corrected chi connectivity index (χ0v) is 16.6. The molecule has 2 aromatic heterocycles. The van der Waals surface area contributed by atoms with Crippen molar-refractivity contribution in [2.24, 2.45) is 0 Å². The highest BCUT2D eigenvalue weighted by molar-refractivity contribution is 5.84. The van der Waals surface area contributed by atoms with E-state index in [9.17, 15) is 0 Å². The van der Waals surface area contributed by atoms with Gasteiger partial charge in [-0.2, -0.15) is 0 Å². The lowest BCUT2D eigenvalue weighted by atomic mass is 10.1. The topological polar surface area (TPSA) is 24.0 Å². The van der Waals surface area contributed by atoms with Gasteiger partial charge in [0.25, 0.3) is 0 Å². The van der Waals surface area contributed by atoms with Crippen molar-refractivity contribution >= 4 is 10.9 Å². The molecule has 0 bridgehead atoms. The first-order valence-electron chi connectivity index (χ1n) is 10.4. The second-order valence-electron chi connectivity index (χ2n) is 7.76. The van der Waals surface area contributed by atoms with Crippen LogP contribution in [0.4, 0.5) is 0 Å². The maximum atomic E-state index is 3.42. The van der Waals surface area contributed by atoms with E-state index in [1.165, 1.54) is 42.4 Å². The number of hydrogen-bond acceptors (Lipinski definition) is 1. The fourth-order valence-electron chi connectivity index (χ4n) is 4.12. The van der Waals surface area contributed by atoms with Gasteiger partial charge in [0, 0.05) is 52.9 Å². The Morgan fingerprint density at radius 1 is 0.862 bits per heavy atom. The van der Waals surface area contributed by atoms with Crippen LogP contribution in [0.3, 0.4) is 0 Å². The SMILES string of the molecule is C(#Cc1ccc2[nH]cc(CCN3CCCC3)c2c1)c1ccc(-n2cccc2)cc1. The third-order valence-electron chi connectivity index (χ3n) is 5.78. The molecule has 29 heavy (non-hydrogen) atoms. The van der Waals surface area contributed by atoms with Crippen molar-refractivity contribution in [3.8, 4) is 17.5 Å². The predicted molar refractivity (Wildman–Crippen MR) is 119 cm³/mol. The normalized spacial score (nSPS) is 14.2. The molecule has 2 aromatic carbocycles. The van der Waals surface area contributed by atoms with Crippen molar-refractivity contribution in [3.05, 3.63) is 89.9 Å². The van der Waals surface area contributed by atoms with Crippen LogP contribution in [-0.2, 0) is 6.42 Å². The molecule has 1 N–H and O–H groups in total. The van der Waals surface area contributed by atoms with Crippen molar-refractivity contribution in [2.45, 2.75) is 19.3 Å². The average molecular weight is 380 g/mol. The summed E-state index contributed by atoms with van der Waals surface area (Å²) in [5.41, 5.74) is 5.84. The number of hydrogen-bond donors (Lipinski definition) is 1. The molecule has 0 unspecified atom stereocenters. The van der Waals surface area contributed by atoms with Crippen LogP contribution >= 0.6 is 0 Å². The summed E-state index contributed by atoms with van der Waals surface area (Å²) >= 11 is 0. The minimum atomic E-state index is 1.03. The number of rotatable bonds is 4. The Morgan fingerprint density at radius 3 is 2.38 bits per heavy atom. The molecule has 3 heteroatoms. The number of aromatic nitrogens is 2. The first kappa shape index (κ1) is 17.8. The van der Waals surface area contributed by atoms with Crippen LogP contribution in [0.25, 0.3) is 16.6 Å². The Bertz CT molecular complexity index is 1150. The number of nitrogens with one attached hydrogen (secondary N) is 1. The van der Waals surface area contributed by atoms with E-state index in [-0.39, 0.29) is 0 Å². The fourth-order valence-corrected chi connectivity index (χ4v) is 4.12. The molecule has 0 radical (unpaired) electrons. The molecular weight excluding hydrogens is 354 g/mol. The standard InChI is InChI=1S/C26H25N3/c1-2-15-28(14-1)18-13-23-20-27-26-12-9-22(19-25(23)26)6-5-21-7-10-24(11-8-21)29-16-3-4-17-29/h3-4,7-12,16-17,19-20,27H,1-2,13-15,18H2. The highest BCUT2D eigenvalue weighted by atomic mass is 15.1. The van der Waals surface area contributed by atoms with Crippen LogP contribution < -0.4 is 0 Å². The smallest absolute Gasteiger partial charge is 0.0457 e. The molecule has 1 fully saturated rings. The van der Waals surface area contributed by atoms with Crippen LogP contribution in [0.15, 0.2) is 73.2 Å². The van der Waals surface area contributed by atoms with Crippen molar-refractivity contribution in [2.75, 3.05) is 19.6 Å². The van der Waals surface area contributed by atoms with Gasteiger partial charge in [-0.3, -0.25) is 0 Å². The number of benzene rings is 2. The van der Waals surface area contributed by atoms with Gasteiger partial charge in [0.2, 0.25) is 0 Å². The van der Waals surface area contributed by atoms with E-state index < -0.39 is 0 Å². The molecule has 1 aliphatic heterocycles. The second kappa shape index (κ2) is 8.03. The number of fused-ring (bicyclic) bond motifs is 1. The van der Waals surface area contributed by atoms with E-state index in [1.54, 1.807) is 0 Å². The molecule has 0 aliphatic carbocycles. The van der Waals surface area contributed by atoms with Crippen LogP contribution in [0.2, 0.25) is 0 Å². The molecule has 0 atom stereocenters. The summed E-state index contributed by atoms with van der Waals surface area (Å²) in [7, 11) is 0. The third-order valence-corrected chi connectivity index (χ3v) is 5.78. The first-order valence-corrected chi connectivity index (χ1v) is 10.4. The van der Waals surface area contributed by atoms with Crippen molar-refractivity contribution in [1.82, 2.24) is 14.5 Å². The minimum Gasteiger partial charge on any atom is -0.361 e. The summed E-state index contributed by atoms with van der Waals surface area (Å²) in [6.45, 7) is 3.65. The monoisotopic (exact) mass is 379 g/mol. The molecule has 1 aliphatic rings. The zero-order chi connectivity index (χ0) is 19.5. The summed E-state index contributed by atoms with van der Waals surface area (Å²) in [4.78, 5) is 5.98. The van der Waals surface area contributed by atoms with Gasteiger partial charge in [0.1, 0.15) is 0 Å². The largest absolute Gasteiger partial charge is 0.361 e. The maximum absolute atomic E-state index is 3.42. The molecule has 144 valence electrons. The van der Waals surface area contributed by atoms with Gasteiger partial charge in [-0.15, -0.1) is 0 Å². The lowest BCUT2D eigenvalue weighted by Crippen LogP contribution is -2.21. The lowest BCUT2D eigenvalue weighted by Gasteiger charge is -2.13. The van der Waals surface area contributed by atoms with E-state index in [0.717, 1.165) is 29.8 Å². The van der Waals surface area contributed by atoms with Crippen molar-refractivity contribution in [1.29, 1.82) is 0 Å². The molecular formula is C26H25N3. The van der Waals surface area contributed by atoms with E-state index >= 15 is 0 Å². The van der Waals surface area contributed by atoms with E-state index in [2.05, 4.69) is 75.0 Å². The molecule has 0 spiro atoms. The zero-order valence-electron chi connectivity index (χ0n) is 16.6. The first-order chi connectivity index (χ1) is 14.3. The summed E-state index contributed by atoms with van der Waals surface area (Å²) in [5.74, 6) is 6.65. The van der Waals surface area contributed by atoms with Gasteiger partial charge >= 0.3 is 0 Å². The average Bonchev–Trinajstić information content (AvgIpc) is 3.53. The minimum absolute atomic E-state index is 1.03. The Balaban J connectivity index is 1.33. The highest BCUT2D eigenvalue weighted by Crippen LogP contribution is 2.21. The highest BCUT2D eigenvalue weighted by Gasteiger charge is 2.12. The second-order valence-corrected chi connectivity index (χ2v) is 7.76. The Labute approximate surface area is 172 Å². The molecule has 5 rings (SSSR count). The van der Waals surface area contributed by atoms with Gasteiger partial charge in [-0.1, -0.05) is 11.8 Å². The van der Waals surface area contributed by atoms with Gasteiger partial charge in [-0.25, -0.2) is 0 Å². The number of nitrogens with zero attached hydrogens (tertiary/aromatic N) is 2. The molecule has 3 heterocycles. The summed E-state index contributed by atoms with van der Waals surface area (Å²) < 4.78 is 2.10. The maximum Gasteiger partial charge on any atom is 0.0457 e. The fraction of sp³-hybridized carbons (Fsp3) is 0.231. The number of aromatic amines is 1. The number of H-pyrrole nitrogens is 1. The Kier molecular flexibility index (Phi) is 4.94. The van der Waals surface area contributed by atoms with Gasteiger partial charge in [-0.05, 0) is 92.5 Å². The molecule has 4 aromatic rings. The molecule has 0 amide bonds. The molecule has 1 saturated heterocycles. The van der Waals surface area contributed by atoms with Gasteiger partial charge < -0.3 is 14.5 Å². The predicted octanol–water partition coefficient (Wildman–Crippen LogP) is 5.00. The Morgan fingerprint density at radius 2 is 1.59 bits per heavy atom. The third kappa shape index (κ3) is 3.99. The lowest BCUT2D eigenvalue weighted by molar-refractivity contribution is 0.344. The van der Waals surface area contributed by atoms with E-state index in [0.29, 0.717) is 0 Å². The quantitative estimate of drug-likeness (QED) is 0.496. The summed E-state index contributed by atoms with van der Waals surface area (Å²) in [6, 6.07) is 18.9. The van der Waals surface area contributed by atoms with E-state index in [4.69, 9.17) is 0 Å². The van der Waals surface area contributed by atoms with E-state index in [1.807, 2.05) is 24.5 Å². The van der Waals surface area contributed by atoms with Gasteiger partial charge in [0.15, 0.2) is 0 Å². The van der Waals surface area contributed by atoms with Crippen molar-refractivity contribution < 1.29 is 0 Å². The van der Waals surface area contributed by atoms with Crippen LogP contribution in [0, 0.1) is 11.8 Å². The van der Waals surface area contributed by atoms with Crippen LogP contribution in [0.5, 0.6) is 0 Å². The van der Waals surface area contributed by atoms with Crippen LogP contribution in [0.1, 0.15) is 29.5 Å². The Hall–Kier alpha value is -3.22. The molecule has 3 nitrogen and oxygen atoms in total. The van der Waals surface area contributed by atoms with Gasteiger partial charge in [0.05, 0.1) is 0 Å². The summed E-state index contributed by atoms with van der Waals surface area (Å²) in [5, 5.41) is 1.30. The van der Waals surface area contributed by atoms with Crippen LogP contribution in [-0.4, -0.2) is 34.1 Å².